The molecule has 0 radical (unpaired) electrons. The summed E-state index contributed by atoms with van der Waals surface area (Å²) in [7, 11) is 0. The molecule has 1 saturated carbocycles. The molecule has 0 bridgehead atoms. The van der Waals surface area contributed by atoms with Crippen molar-refractivity contribution >= 4 is 0 Å². The molecule has 1 heterocycles. The standard InChI is InChI=1S/C28H41NO/c1-3-5-7-8-23-9-11-24(12-10-23)13-14-25-15-17-26(18-16-25)28-20-19-27(22-29-28)30-21-6-4-2/h15-20,22-24H,3-14,21H2,1-2H3. The predicted octanol–water partition coefficient (Wildman–Crippen LogP) is 8.25. The molecule has 0 aliphatic heterocycles. The van der Waals surface area contributed by atoms with Gasteiger partial charge < -0.3 is 4.74 Å². The van der Waals surface area contributed by atoms with E-state index >= 15 is 0 Å². The highest BCUT2D eigenvalue weighted by Gasteiger charge is 2.20. The van der Waals surface area contributed by atoms with E-state index in [0.717, 1.165) is 42.7 Å². The minimum Gasteiger partial charge on any atom is -0.492 e. The Morgan fingerprint density at radius 1 is 0.800 bits per heavy atom. The molecule has 2 aromatic rings. The van der Waals surface area contributed by atoms with Crippen molar-refractivity contribution in [2.75, 3.05) is 6.61 Å². The van der Waals surface area contributed by atoms with Gasteiger partial charge in [0.15, 0.2) is 0 Å². The summed E-state index contributed by atoms with van der Waals surface area (Å²) in [6, 6.07) is 13.1. The number of benzene rings is 1. The van der Waals surface area contributed by atoms with E-state index in [9.17, 15) is 0 Å². The number of aromatic nitrogens is 1. The fourth-order valence-electron chi connectivity index (χ4n) is 4.68. The SMILES string of the molecule is CCCCCC1CCC(CCc2ccc(-c3ccc(OCCCC)cn3)cc2)CC1. The molecule has 30 heavy (non-hydrogen) atoms. The van der Waals surface area contributed by atoms with Crippen molar-refractivity contribution < 1.29 is 4.74 Å². The van der Waals surface area contributed by atoms with Gasteiger partial charge in [-0.1, -0.05) is 95.9 Å². The molecule has 0 saturated heterocycles. The van der Waals surface area contributed by atoms with E-state index in [4.69, 9.17) is 4.74 Å². The molecule has 0 atom stereocenters. The molecule has 2 heteroatoms. The summed E-state index contributed by atoms with van der Waals surface area (Å²) in [6.07, 6.45) is 18.2. The van der Waals surface area contributed by atoms with Crippen LogP contribution in [0, 0.1) is 11.8 Å². The summed E-state index contributed by atoms with van der Waals surface area (Å²) >= 11 is 0. The van der Waals surface area contributed by atoms with E-state index < -0.39 is 0 Å². The average Bonchev–Trinajstić information content (AvgIpc) is 2.80. The molecule has 164 valence electrons. The molecule has 0 unspecified atom stereocenters. The molecule has 1 fully saturated rings. The molecule has 1 aliphatic rings. The first-order valence-corrected chi connectivity index (χ1v) is 12.5. The number of hydrogen-bond acceptors (Lipinski definition) is 2. The fourth-order valence-corrected chi connectivity index (χ4v) is 4.68. The predicted molar refractivity (Wildman–Crippen MR) is 128 cm³/mol. The first-order chi connectivity index (χ1) is 14.8. The van der Waals surface area contributed by atoms with Crippen LogP contribution >= 0.6 is 0 Å². The number of unbranched alkanes of at least 4 members (excludes halogenated alkanes) is 3. The summed E-state index contributed by atoms with van der Waals surface area (Å²) < 4.78 is 5.71. The topological polar surface area (TPSA) is 22.1 Å². The summed E-state index contributed by atoms with van der Waals surface area (Å²) in [4.78, 5) is 4.59. The van der Waals surface area contributed by atoms with Gasteiger partial charge in [-0.3, -0.25) is 4.98 Å². The van der Waals surface area contributed by atoms with Gasteiger partial charge in [0, 0.05) is 5.56 Å². The third-order valence-electron chi connectivity index (χ3n) is 6.78. The van der Waals surface area contributed by atoms with Crippen LogP contribution in [0.3, 0.4) is 0 Å². The van der Waals surface area contributed by atoms with Gasteiger partial charge >= 0.3 is 0 Å². The lowest BCUT2D eigenvalue weighted by Gasteiger charge is -2.28. The second-order valence-corrected chi connectivity index (χ2v) is 9.20. The van der Waals surface area contributed by atoms with E-state index in [2.05, 4.69) is 49.2 Å². The van der Waals surface area contributed by atoms with Gasteiger partial charge in [-0.15, -0.1) is 0 Å². The minimum atomic E-state index is 0.771. The van der Waals surface area contributed by atoms with Crippen LogP contribution in [0.4, 0.5) is 0 Å². The van der Waals surface area contributed by atoms with Gasteiger partial charge in [0.05, 0.1) is 18.5 Å². The minimum absolute atomic E-state index is 0.771. The number of pyridine rings is 1. The normalized spacial score (nSPS) is 19.0. The van der Waals surface area contributed by atoms with Gasteiger partial charge in [0.25, 0.3) is 0 Å². The highest BCUT2D eigenvalue weighted by Crippen LogP contribution is 2.34. The zero-order chi connectivity index (χ0) is 21.0. The second-order valence-electron chi connectivity index (χ2n) is 9.20. The number of hydrogen-bond donors (Lipinski definition) is 0. The van der Waals surface area contributed by atoms with Gasteiger partial charge in [-0.2, -0.15) is 0 Å². The second kappa shape index (κ2) is 12.8. The highest BCUT2D eigenvalue weighted by molar-refractivity contribution is 5.59. The number of aryl methyl sites for hydroxylation is 1. The molecule has 2 nitrogen and oxygen atoms in total. The van der Waals surface area contributed by atoms with E-state index in [-0.39, 0.29) is 0 Å². The Morgan fingerprint density at radius 2 is 1.50 bits per heavy atom. The van der Waals surface area contributed by atoms with Gasteiger partial charge in [0.2, 0.25) is 0 Å². The van der Waals surface area contributed by atoms with Crippen LogP contribution < -0.4 is 4.74 Å². The molecular formula is C28H41NO. The van der Waals surface area contributed by atoms with Gasteiger partial charge in [-0.05, 0) is 48.8 Å². The van der Waals surface area contributed by atoms with Crippen LogP contribution in [0.1, 0.15) is 90.0 Å². The van der Waals surface area contributed by atoms with Crippen molar-refractivity contribution in [3.05, 3.63) is 48.2 Å². The summed E-state index contributed by atoms with van der Waals surface area (Å²) in [5, 5.41) is 0. The third kappa shape index (κ3) is 7.45. The Bertz CT molecular complexity index is 698. The van der Waals surface area contributed by atoms with E-state index in [0.29, 0.717) is 0 Å². The zero-order valence-corrected chi connectivity index (χ0v) is 19.2. The number of ether oxygens (including phenoxy) is 1. The maximum absolute atomic E-state index is 5.71. The Morgan fingerprint density at radius 3 is 2.13 bits per heavy atom. The van der Waals surface area contributed by atoms with Crippen LogP contribution in [0.5, 0.6) is 5.75 Å². The lowest BCUT2D eigenvalue weighted by molar-refractivity contribution is 0.249. The maximum atomic E-state index is 5.71. The smallest absolute Gasteiger partial charge is 0.137 e. The van der Waals surface area contributed by atoms with Crippen molar-refractivity contribution in [3.8, 4) is 17.0 Å². The molecule has 3 rings (SSSR count). The van der Waals surface area contributed by atoms with Crippen molar-refractivity contribution in [3.63, 3.8) is 0 Å². The third-order valence-corrected chi connectivity index (χ3v) is 6.78. The lowest BCUT2D eigenvalue weighted by Crippen LogP contribution is -2.15. The molecule has 1 aromatic carbocycles. The van der Waals surface area contributed by atoms with Crippen LogP contribution in [0.25, 0.3) is 11.3 Å². The number of nitrogens with zero attached hydrogens (tertiary/aromatic N) is 1. The van der Waals surface area contributed by atoms with E-state index in [1.54, 1.807) is 0 Å². The quantitative estimate of drug-likeness (QED) is 0.330. The molecule has 0 spiro atoms. The largest absolute Gasteiger partial charge is 0.492 e. The first kappa shape index (κ1) is 22.8. The lowest BCUT2D eigenvalue weighted by atomic mass is 9.78. The Kier molecular flexibility index (Phi) is 9.73. The summed E-state index contributed by atoms with van der Waals surface area (Å²) in [6.45, 7) is 5.25. The van der Waals surface area contributed by atoms with Crippen LogP contribution in [0.15, 0.2) is 42.6 Å². The molecule has 1 aromatic heterocycles. The number of rotatable bonds is 12. The summed E-state index contributed by atoms with van der Waals surface area (Å²) in [5.41, 5.74) is 3.67. The molecule has 0 N–H and O–H groups in total. The van der Waals surface area contributed by atoms with Gasteiger partial charge in [0.1, 0.15) is 5.75 Å². The fraction of sp³-hybridized carbons (Fsp3) is 0.607. The van der Waals surface area contributed by atoms with Crippen LogP contribution in [-0.2, 0) is 6.42 Å². The van der Waals surface area contributed by atoms with Crippen LogP contribution in [0.2, 0.25) is 0 Å². The Labute approximate surface area is 184 Å². The Balaban J connectivity index is 1.41. The van der Waals surface area contributed by atoms with Crippen molar-refractivity contribution in [2.45, 2.75) is 90.9 Å². The highest BCUT2D eigenvalue weighted by atomic mass is 16.5. The molecule has 0 amide bonds. The van der Waals surface area contributed by atoms with E-state index in [1.165, 1.54) is 75.3 Å². The first-order valence-electron chi connectivity index (χ1n) is 12.5. The van der Waals surface area contributed by atoms with Crippen LogP contribution in [-0.4, -0.2) is 11.6 Å². The average molecular weight is 408 g/mol. The van der Waals surface area contributed by atoms with Gasteiger partial charge in [-0.25, -0.2) is 0 Å². The molecule has 1 aliphatic carbocycles. The van der Waals surface area contributed by atoms with E-state index in [1.807, 2.05) is 12.3 Å². The molecular weight excluding hydrogens is 366 g/mol. The maximum Gasteiger partial charge on any atom is 0.137 e. The summed E-state index contributed by atoms with van der Waals surface area (Å²) in [5.74, 6) is 2.82. The van der Waals surface area contributed by atoms with Crippen molar-refractivity contribution in [1.29, 1.82) is 0 Å². The van der Waals surface area contributed by atoms with Crippen molar-refractivity contribution in [2.24, 2.45) is 11.8 Å². The monoisotopic (exact) mass is 407 g/mol. The Hall–Kier alpha value is -1.83. The zero-order valence-electron chi connectivity index (χ0n) is 19.2. The van der Waals surface area contributed by atoms with Crippen molar-refractivity contribution in [1.82, 2.24) is 4.98 Å².